The van der Waals surface area contributed by atoms with Crippen LogP contribution >= 0.6 is 19.9 Å². The van der Waals surface area contributed by atoms with Crippen molar-refractivity contribution >= 4 is 26.0 Å². The third-order valence-corrected chi connectivity index (χ3v) is 7.24. The zero-order valence-corrected chi connectivity index (χ0v) is 11.7. The molecule has 1 heterocycles. The maximum absolute atomic E-state index is 13.4. The smallest absolute Gasteiger partial charge is 0.160 e. The molecule has 0 radical (unpaired) electrons. The third-order valence-electron chi connectivity index (χ3n) is 2.96. The number of fused-ring (bicyclic) bond motifs is 1. The van der Waals surface area contributed by atoms with Gasteiger partial charge in [0.2, 0.25) is 0 Å². The first-order valence-electron chi connectivity index (χ1n) is 5.71. The van der Waals surface area contributed by atoms with Crippen molar-refractivity contribution in [1.29, 1.82) is 0 Å². The van der Waals surface area contributed by atoms with Gasteiger partial charge >= 0.3 is 5.51 Å². The molecule has 0 aliphatic carbocycles. The monoisotopic (exact) mass is 294 g/mol. The van der Waals surface area contributed by atoms with Crippen LogP contribution in [-0.2, 0) is 0 Å². The van der Waals surface area contributed by atoms with Crippen LogP contribution in [0, 0.1) is 6.92 Å². The molecule has 0 spiro atoms. The molecule has 1 unspecified atom stereocenters. The van der Waals surface area contributed by atoms with Gasteiger partial charge in [-0.2, -0.15) is 13.2 Å². The number of alkyl halides is 3. The number of hydrogen-bond donors (Lipinski definition) is 0. The van der Waals surface area contributed by atoms with Crippen molar-refractivity contribution in [1.82, 2.24) is 0 Å². The molecule has 0 saturated carbocycles. The molecule has 0 N–H and O–H groups in total. The van der Waals surface area contributed by atoms with Gasteiger partial charge in [-0.1, -0.05) is 31.0 Å². The Morgan fingerprint density at radius 2 is 1.94 bits per heavy atom. The Balaban J connectivity index is 2.61. The Morgan fingerprint density at radius 1 is 1.28 bits per heavy atom. The molecular weight excluding hydrogens is 281 g/mol. The molecule has 0 amide bonds. The van der Waals surface area contributed by atoms with Gasteiger partial charge in [-0.05, 0) is 55.9 Å². The van der Waals surface area contributed by atoms with Gasteiger partial charge in [-0.3, -0.25) is 0 Å². The second-order valence-corrected chi connectivity index (χ2v) is 8.28. The number of benzene rings is 1. The molecular formula is C13H14ClF3S. The lowest BCUT2D eigenvalue weighted by molar-refractivity contribution is -0.0359. The predicted octanol–water partition coefficient (Wildman–Crippen LogP) is 5.99. The fraction of sp³-hybridized carbons (Fsp3) is 0.385. The normalized spacial score (nSPS) is 26.4. The van der Waals surface area contributed by atoms with Crippen LogP contribution in [0.4, 0.5) is 13.2 Å². The van der Waals surface area contributed by atoms with Crippen LogP contribution in [0.25, 0.3) is 6.08 Å². The van der Waals surface area contributed by atoms with Gasteiger partial charge in [0, 0.05) is 4.90 Å². The van der Waals surface area contributed by atoms with Gasteiger partial charge < -0.3 is 0 Å². The molecule has 5 heteroatoms. The van der Waals surface area contributed by atoms with Crippen LogP contribution < -0.4 is 0 Å². The SMILES string of the molecule is CCCC1=Cc2cc(C)ccc2S1(Cl)C(F)(F)F. The van der Waals surface area contributed by atoms with Crippen molar-refractivity contribution in [2.75, 3.05) is 0 Å². The summed E-state index contributed by atoms with van der Waals surface area (Å²) >= 11 is 0. The third kappa shape index (κ3) is 1.95. The minimum Gasteiger partial charge on any atom is -0.160 e. The van der Waals surface area contributed by atoms with Crippen LogP contribution in [0.1, 0.15) is 30.9 Å². The van der Waals surface area contributed by atoms with Gasteiger partial charge in [0.1, 0.15) is 0 Å². The lowest BCUT2D eigenvalue weighted by Crippen LogP contribution is -2.16. The topological polar surface area (TPSA) is 0 Å². The van der Waals surface area contributed by atoms with Crippen molar-refractivity contribution in [2.24, 2.45) is 0 Å². The fourth-order valence-electron chi connectivity index (χ4n) is 2.17. The Morgan fingerprint density at radius 3 is 2.50 bits per heavy atom. The summed E-state index contributed by atoms with van der Waals surface area (Å²) in [7, 11) is 2.70. The number of allylic oxidation sites excluding steroid dienone is 1. The quantitative estimate of drug-likeness (QED) is 0.629. The Hall–Kier alpha value is -0.610. The summed E-state index contributed by atoms with van der Waals surface area (Å²) in [5.74, 6) is 0. The summed E-state index contributed by atoms with van der Waals surface area (Å²) in [6, 6.07) is 4.99. The minimum atomic E-state index is -4.39. The molecule has 0 aromatic heterocycles. The molecule has 1 aliphatic rings. The van der Waals surface area contributed by atoms with E-state index in [4.69, 9.17) is 10.7 Å². The lowest BCUT2D eigenvalue weighted by Gasteiger charge is -2.34. The molecule has 1 atom stereocenters. The minimum absolute atomic E-state index is 0.241. The van der Waals surface area contributed by atoms with E-state index in [0.717, 1.165) is 5.56 Å². The van der Waals surface area contributed by atoms with E-state index in [-0.39, 0.29) is 4.90 Å². The summed E-state index contributed by atoms with van der Waals surface area (Å²) in [4.78, 5) is 0.575. The first-order chi connectivity index (χ1) is 8.30. The number of hydrogen-bond acceptors (Lipinski definition) is 0. The van der Waals surface area contributed by atoms with Crippen LogP contribution in [0.5, 0.6) is 0 Å². The lowest BCUT2D eigenvalue weighted by atomic mass is 10.1. The van der Waals surface area contributed by atoms with E-state index >= 15 is 0 Å². The first-order valence-corrected chi connectivity index (χ1v) is 8.17. The van der Waals surface area contributed by atoms with E-state index in [0.29, 0.717) is 23.3 Å². The van der Waals surface area contributed by atoms with Crippen molar-refractivity contribution in [2.45, 2.75) is 37.1 Å². The zero-order valence-electron chi connectivity index (χ0n) is 10.1. The highest BCUT2D eigenvalue weighted by Gasteiger charge is 2.55. The predicted molar refractivity (Wildman–Crippen MR) is 71.8 cm³/mol. The van der Waals surface area contributed by atoms with Crippen molar-refractivity contribution < 1.29 is 13.2 Å². The average Bonchev–Trinajstić information content (AvgIpc) is 2.52. The molecule has 0 fully saturated rings. The van der Waals surface area contributed by atoms with E-state index in [2.05, 4.69) is 0 Å². The Bertz CT molecular complexity index is 507. The van der Waals surface area contributed by atoms with Crippen molar-refractivity contribution in [3.8, 4) is 0 Å². The molecule has 0 saturated heterocycles. The van der Waals surface area contributed by atoms with Crippen LogP contribution in [0.2, 0.25) is 0 Å². The van der Waals surface area contributed by atoms with Gasteiger partial charge in [0.15, 0.2) is 0 Å². The average molecular weight is 295 g/mol. The summed E-state index contributed by atoms with van der Waals surface area (Å²) in [5.41, 5.74) is -2.82. The van der Waals surface area contributed by atoms with E-state index < -0.39 is 14.7 Å². The Kier molecular flexibility index (Phi) is 3.45. The van der Waals surface area contributed by atoms with Gasteiger partial charge in [-0.15, -0.1) is 0 Å². The van der Waals surface area contributed by atoms with E-state index in [1.807, 2.05) is 13.8 Å². The van der Waals surface area contributed by atoms with Crippen molar-refractivity contribution in [3.63, 3.8) is 0 Å². The van der Waals surface area contributed by atoms with Crippen LogP contribution in [-0.4, -0.2) is 5.51 Å². The molecule has 2 rings (SSSR count). The molecule has 0 bridgehead atoms. The molecule has 100 valence electrons. The maximum Gasteiger partial charge on any atom is 0.445 e. The van der Waals surface area contributed by atoms with E-state index in [9.17, 15) is 13.2 Å². The molecule has 1 aromatic rings. The highest BCUT2D eigenvalue weighted by Crippen LogP contribution is 2.80. The number of halogens is 4. The van der Waals surface area contributed by atoms with Gasteiger partial charge in [0.05, 0.1) is 0 Å². The second-order valence-electron chi connectivity index (χ2n) is 4.39. The highest BCUT2D eigenvalue weighted by atomic mass is 35.7. The first kappa shape index (κ1) is 13.8. The molecule has 1 aliphatic heterocycles. The fourth-order valence-corrected chi connectivity index (χ4v) is 5.25. The van der Waals surface area contributed by atoms with Crippen LogP contribution in [0.15, 0.2) is 28.0 Å². The molecule has 0 nitrogen and oxygen atoms in total. The van der Waals surface area contributed by atoms with Crippen LogP contribution in [0.3, 0.4) is 0 Å². The summed E-state index contributed by atoms with van der Waals surface area (Å²) in [5, 5.41) is 0. The standard InChI is InChI=1S/C13H14ClF3S/c1-3-4-11-8-10-7-9(2)5-6-12(10)18(11,14)13(15,16)17/h5-8H,3-4H2,1-2H3. The summed E-state index contributed by atoms with van der Waals surface area (Å²) in [6.45, 7) is 3.73. The maximum atomic E-state index is 13.4. The summed E-state index contributed by atoms with van der Waals surface area (Å²) in [6.07, 6.45) is 2.68. The largest absolute Gasteiger partial charge is 0.445 e. The van der Waals surface area contributed by atoms with Crippen molar-refractivity contribution in [3.05, 3.63) is 34.2 Å². The van der Waals surface area contributed by atoms with Gasteiger partial charge in [-0.25, -0.2) is 0 Å². The number of rotatable bonds is 2. The van der Waals surface area contributed by atoms with Gasteiger partial charge in [0.25, 0.3) is 0 Å². The molecule has 18 heavy (non-hydrogen) atoms. The molecule has 1 aromatic carbocycles. The van der Waals surface area contributed by atoms with E-state index in [1.165, 1.54) is 6.07 Å². The second kappa shape index (κ2) is 4.49. The zero-order chi connectivity index (χ0) is 13.6. The Labute approximate surface area is 111 Å². The van der Waals surface area contributed by atoms with E-state index in [1.54, 1.807) is 18.2 Å². The summed E-state index contributed by atoms with van der Waals surface area (Å²) < 4.78 is 40.1. The highest BCUT2D eigenvalue weighted by molar-refractivity contribution is 8.54. The number of aryl methyl sites for hydroxylation is 1.